The average molecular weight is 304 g/mol. The Balaban J connectivity index is 1.77. The van der Waals surface area contributed by atoms with Crippen LogP contribution in [0.15, 0.2) is 58.7 Å². The van der Waals surface area contributed by atoms with Crippen LogP contribution in [0.25, 0.3) is 5.76 Å². The number of hydrogen-bond donors (Lipinski definition) is 1. The Labute approximate surface area is 134 Å². The van der Waals surface area contributed by atoms with E-state index in [4.69, 9.17) is 0 Å². The molecule has 0 saturated heterocycles. The van der Waals surface area contributed by atoms with Gasteiger partial charge < -0.3 is 10.0 Å². The lowest BCUT2D eigenvalue weighted by atomic mass is 10.1. The first-order chi connectivity index (χ1) is 11.2. The summed E-state index contributed by atoms with van der Waals surface area (Å²) in [5.41, 5.74) is 3.51. The van der Waals surface area contributed by atoms with Crippen LogP contribution >= 0.6 is 0 Å². The summed E-state index contributed by atoms with van der Waals surface area (Å²) < 4.78 is 0. The SMILES string of the molecule is Cc1ccc(/C(O)=C/C2=Nc3ccccc3C3=NCCN23)cn1. The number of aromatic nitrogens is 1. The second-order valence-electron chi connectivity index (χ2n) is 5.56. The summed E-state index contributed by atoms with van der Waals surface area (Å²) in [7, 11) is 0. The molecule has 0 aliphatic carbocycles. The van der Waals surface area contributed by atoms with Gasteiger partial charge in [-0.05, 0) is 31.2 Å². The number of aliphatic imine (C=N–C) groups is 2. The molecule has 1 N–H and O–H groups in total. The molecule has 0 bridgehead atoms. The molecule has 5 nitrogen and oxygen atoms in total. The van der Waals surface area contributed by atoms with Gasteiger partial charge in [0.05, 0.1) is 12.2 Å². The van der Waals surface area contributed by atoms with E-state index >= 15 is 0 Å². The Morgan fingerprint density at radius 3 is 2.91 bits per heavy atom. The number of aryl methyl sites for hydroxylation is 1. The predicted molar refractivity (Wildman–Crippen MR) is 91.2 cm³/mol. The molecule has 23 heavy (non-hydrogen) atoms. The minimum Gasteiger partial charge on any atom is -0.507 e. The van der Waals surface area contributed by atoms with Crippen molar-refractivity contribution in [1.82, 2.24) is 9.88 Å². The van der Waals surface area contributed by atoms with Crippen molar-refractivity contribution in [2.75, 3.05) is 13.1 Å². The first kappa shape index (κ1) is 13.7. The van der Waals surface area contributed by atoms with Gasteiger partial charge in [0, 0.05) is 35.6 Å². The van der Waals surface area contributed by atoms with Crippen molar-refractivity contribution >= 4 is 23.1 Å². The van der Waals surface area contributed by atoms with E-state index in [2.05, 4.69) is 15.0 Å². The van der Waals surface area contributed by atoms with Crippen molar-refractivity contribution < 1.29 is 5.11 Å². The molecule has 2 aliphatic rings. The van der Waals surface area contributed by atoms with Gasteiger partial charge in [-0.2, -0.15) is 0 Å². The van der Waals surface area contributed by atoms with Crippen molar-refractivity contribution in [2.45, 2.75) is 6.92 Å². The Morgan fingerprint density at radius 1 is 1.22 bits per heavy atom. The molecule has 2 aromatic rings. The summed E-state index contributed by atoms with van der Waals surface area (Å²) in [4.78, 5) is 15.5. The van der Waals surface area contributed by atoms with E-state index in [-0.39, 0.29) is 5.76 Å². The molecule has 0 fully saturated rings. The minimum atomic E-state index is 0.155. The Morgan fingerprint density at radius 2 is 2.09 bits per heavy atom. The van der Waals surface area contributed by atoms with Crippen LogP contribution in [0.5, 0.6) is 0 Å². The fourth-order valence-corrected chi connectivity index (χ4v) is 2.78. The van der Waals surface area contributed by atoms with Crippen LogP contribution in [0.2, 0.25) is 0 Å². The van der Waals surface area contributed by atoms with Crippen LogP contribution in [-0.4, -0.2) is 39.8 Å². The molecule has 1 aromatic carbocycles. The van der Waals surface area contributed by atoms with Gasteiger partial charge in [-0.25, -0.2) is 4.99 Å². The number of nitrogens with zero attached hydrogens (tertiary/aromatic N) is 4. The molecule has 0 radical (unpaired) electrons. The molecule has 0 unspecified atom stereocenters. The number of aliphatic hydroxyl groups is 1. The topological polar surface area (TPSA) is 61.1 Å². The molecular formula is C18H16N4O. The fraction of sp³-hybridized carbons (Fsp3) is 0.167. The normalized spacial score (nSPS) is 16.6. The number of hydrogen-bond acceptors (Lipinski definition) is 5. The quantitative estimate of drug-likeness (QED) is 0.867. The van der Waals surface area contributed by atoms with E-state index < -0.39 is 0 Å². The molecule has 0 spiro atoms. The number of amidine groups is 2. The van der Waals surface area contributed by atoms with Gasteiger partial charge in [0.2, 0.25) is 0 Å². The molecule has 1 aromatic heterocycles. The molecule has 0 amide bonds. The molecule has 4 rings (SSSR count). The fourth-order valence-electron chi connectivity index (χ4n) is 2.78. The zero-order valence-electron chi connectivity index (χ0n) is 12.8. The summed E-state index contributed by atoms with van der Waals surface area (Å²) in [5.74, 6) is 1.79. The molecule has 2 aliphatic heterocycles. The van der Waals surface area contributed by atoms with Crippen LogP contribution in [0, 0.1) is 6.92 Å². The van der Waals surface area contributed by atoms with Gasteiger partial charge in [0.1, 0.15) is 17.4 Å². The first-order valence-electron chi connectivity index (χ1n) is 7.56. The second kappa shape index (κ2) is 5.35. The van der Waals surface area contributed by atoms with E-state index in [0.717, 1.165) is 35.9 Å². The number of aliphatic hydroxyl groups excluding tert-OH is 1. The summed E-state index contributed by atoms with van der Waals surface area (Å²) in [6, 6.07) is 11.7. The molecule has 3 heterocycles. The molecular weight excluding hydrogens is 288 g/mol. The van der Waals surface area contributed by atoms with Gasteiger partial charge in [0.15, 0.2) is 0 Å². The first-order valence-corrected chi connectivity index (χ1v) is 7.56. The lowest BCUT2D eigenvalue weighted by Crippen LogP contribution is -2.36. The monoisotopic (exact) mass is 304 g/mol. The second-order valence-corrected chi connectivity index (χ2v) is 5.56. The van der Waals surface area contributed by atoms with Gasteiger partial charge in [0.25, 0.3) is 0 Å². The molecule has 0 atom stereocenters. The molecule has 0 saturated carbocycles. The number of rotatable bonds is 2. The van der Waals surface area contributed by atoms with Gasteiger partial charge in [-0.3, -0.25) is 9.98 Å². The number of pyridine rings is 1. The minimum absolute atomic E-state index is 0.155. The van der Waals surface area contributed by atoms with E-state index in [1.807, 2.05) is 48.2 Å². The van der Waals surface area contributed by atoms with E-state index in [1.54, 1.807) is 12.3 Å². The van der Waals surface area contributed by atoms with Crippen LogP contribution in [-0.2, 0) is 0 Å². The highest BCUT2D eigenvalue weighted by Gasteiger charge is 2.28. The summed E-state index contributed by atoms with van der Waals surface area (Å²) in [6.45, 7) is 3.43. The Kier molecular flexibility index (Phi) is 3.19. The third-order valence-corrected chi connectivity index (χ3v) is 3.97. The summed E-state index contributed by atoms with van der Waals surface area (Å²) in [5, 5.41) is 10.4. The maximum Gasteiger partial charge on any atom is 0.138 e. The largest absolute Gasteiger partial charge is 0.507 e. The van der Waals surface area contributed by atoms with Crippen LogP contribution in [0.1, 0.15) is 16.8 Å². The van der Waals surface area contributed by atoms with E-state index in [0.29, 0.717) is 11.4 Å². The van der Waals surface area contributed by atoms with Crippen molar-refractivity contribution in [3.05, 3.63) is 65.5 Å². The van der Waals surface area contributed by atoms with Crippen molar-refractivity contribution in [2.24, 2.45) is 9.98 Å². The van der Waals surface area contributed by atoms with Crippen molar-refractivity contribution in [3.8, 4) is 0 Å². The van der Waals surface area contributed by atoms with Crippen LogP contribution in [0.4, 0.5) is 5.69 Å². The van der Waals surface area contributed by atoms with Crippen molar-refractivity contribution in [1.29, 1.82) is 0 Å². The highest BCUT2D eigenvalue weighted by Crippen LogP contribution is 2.29. The maximum atomic E-state index is 10.4. The lowest BCUT2D eigenvalue weighted by molar-refractivity contribution is 0.511. The molecule has 114 valence electrons. The number of para-hydroxylation sites is 1. The Bertz CT molecular complexity index is 850. The van der Waals surface area contributed by atoms with Crippen LogP contribution in [0.3, 0.4) is 0 Å². The van der Waals surface area contributed by atoms with Gasteiger partial charge >= 0.3 is 0 Å². The Hall–Kier alpha value is -2.95. The highest BCUT2D eigenvalue weighted by atomic mass is 16.3. The smallest absolute Gasteiger partial charge is 0.138 e. The summed E-state index contributed by atoms with van der Waals surface area (Å²) in [6.07, 6.45) is 3.35. The van der Waals surface area contributed by atoms with E-state index in [1.165, 1.54) is 0 Å². The molecule has 5 heteroatoms. The lowest BCUT2D eigenvalue weighted by Gasteiger charge is -2.25. The van der Waals surface area contributed by atoms with E-state index in [9.17, 15) is 5.11 Å². The predicted octanol–water partition coefficient (Wildman–Crippen LogP) is 3.09. The number of fused-ring (bicyclic) bond motifs is 3. The van der Waals surface area contributed by atoms with Crippen LogP contribution < -0.4 is 0 Å². The van der Waals surface area contributed by atoms with Crippen molar-refractivity contribution in [3.63, 3.8) is 0 Å². The van der Waals surface area contributed by atoms with Gasteiger partial charge in [-0.15, -0.1) is 0 Å². The zero-order chi connectivity index (χ0) is 15.8. The number of benzene rings is 1. The maximum absolute atomic E-state index is 10.4. The average Bonchev–Trinajstić information content (AvgIpc) is 3.06. The summed E-state index contributed by atoms with van der Waals surface area (Å²) >= 11 is 0. The zero-order valence-corrected chi connectivity index (χ0v) is 12.8. The standard InChI is InChI=1S/C18H16N4O/c1-12-6-7-13(11-20-12)16(23)10-17-21-15-5-3-2-4-14(15)18-19-8-9-22(17)18/h2-7,10-11,23H,8-9H2,1H3/b16-10-. The highest BCUT2D eigenvalue weighted by molar-refractivity contribution is 6.19. The third kappa shape index (κ3) is 2.40. The van der Waals surface area contributed by atoms with Gasteiger partial charge in [-0.1, -0.05) is 12.1 Å². The third-order valence-electron chi connectivity index (χ3n) is 3.97.